The van der Waals surface area contributed by atoms with Gasteiger partial charge >= 0.3 is 5.97 Å². The van der Waals surface area contributed by atoms with Gasteiger partial charge in [0.15, 0.2) is 0 Å². The Kier molecular flexibility index (Phi) is 5.71. The molecule has 0 bridgehead atoms. The van der Waals surface area contributed by atoms with E-state index in [2.05, 4.69) is 10.6 Å². The first kappa shape index (κ1) is 18.2. The van der Waals surface area contributed by atoms with Crippen LogP contribution in [-0.2, 0) is 16.0 Å². The third-order valence-electron chi connectivity index (χ3n) is 3.12. The van der Waals surface area contributed by atoms with E-state index in [4.69, 9.17) is 0 Å². The molecule has 1 rings (SSSR count). The molecule has 1 aromatic heterocycles. The van der Waals surface area contributed by atoms with Gasteiger partial charge in [0.25, 0.3) is 0 Å². The Labute approximate surface area is 133 Å². The van der Waals surface area contributed by atoms with Crippen LogP contribution in [0.5, 0.6) is 0 Å². The number of rotatable bonds is 5. The molecule has 0 aliphatic heterocycles. The van der Waals surface area contributed by atoms with E-state index in [1.807, 2.05) is 13.8 Å². The van der Waals surface area contributed by atoms with Crippen molar-refractivity contribution in [2.24, 2.45) is 5.41 Å². The Morgan fingerprint density at radius 2 is 1.82 bits per heavy atom. The first-order valence-corrected chi connectivity index (χ1v) is 7.83. The van der Waals surface area contributed by atoms with Gasteiger partial charge in [0, 0.05) is 10.3 Å². The molecule has 1 aromatic rings. The van der Waals surface area contributed by atoms with Crippen LogP contribution in [0.2, 0.25) is 0 Å². The fraction of sp³-hybridized carbons (Fsp3) is 0.533. The van der Waals surface area contributed by atoms with Crippen molar-refractivity contribution in [2.75, 3.05) is 11.9 Å². The van der Waals surface area contributed by atoms with Crippen LogP contribution in [0.1, 0.15) is 48.5 Å². The minimum absolute atomic E-state index is 0.139. The number of anilines is 1. The average Bonchev–Trinajstić information content (AvgIpc) is 2.70. The monoisotopic (exact) mass is 326 g/mol. The van der Waals surface area contributed by atoms with Crippen molar-refractivity contribution < 1.29 is 19.5 Å². The minimum Gasteiger partial charge on any atom is -0.478 e. The van der Waals surface area contributed by atoms with E-state index in [0.29, 0.717) is 11.4 Å². The molecule has 0 spiro atoms. The second-order valence-corrected chi connectivity index (χ2v) is 7.21. The smallest absolute Gasteiger partial charge is 0.339 e. The molecule has 22 heavy (non-hydrogen) atoms. The van der Waals surface area contributed by atoms with E-state index >= 15 is 0 Å². The second-order valence-electron chi connectivity index (χ2n) is 5.98. The molecule has 2 amide bonds. The molecule has 0 saturated carbocycles. The maximum absolute atomic E-state index is 11.9. The lowest BCUT2D eigenvalue weighted by molar-refractivity contribution is -0.130. The van der Waals surface area contributed by atoms with Crippen LogP contribution in [0.15, 0.2) is 0 Å². The Bertz CT molecular complexity index is 599. The van der Waals surface area contributed by atoms with E-state index in [-0.39, 0.29) is 18.0 Å². The number of amides is 2. The molecule has 122 valence electrons. The van der Waals surface area contributed by atoms with Crippen LogP contribution >= 0.6 is 11.3 Å². The highest BCUT2D eigenvalue weighted by molar-refractivity contribution is 7.16. The maximum atomic E-state index is 11.9. The van der Waals surface area contributed by atoms with Crippen LogP contribution < -0.4 is 10.6 Å². The molecule has 1 heterocycles. The summed E-state index contributed by atoms with van der Waals surface area (Å²) in [5, 5.41) is 14.7. The van der Waals surface area contributed by atoms with Crippen molar-refractivity contribution >= 4 is 34.1 Å². The van der Waals surface area contributed by atoms with Crippen molar-refractivity contribution in [1.82, 2.24) is 5.32 Å². The van der Waals surface area contributed by atoms with E-state index in [9.17, 15) is 19.5 Å². The van der Waals surface area contributed by atoms with Crippen molar-refractivity contribution in [2.45, 2.75) is 41.0 Å². The van der Waals surface area contributed by atoms with Gasteiger partial charge in [-0.2, -0.15) is 0 Å². The average molecular weight is 326 g/mol. The highest BCUT2D eigenvalue weighted by Gasteiger charge is 2.24. The van der Waals surface area contributed by atoms with Gasteiger partial charge in [-0.1, -0.05) is 27.7 Å². The lowest BCUT2D eigenvalue weighted by Crippen LogP contribution is -2.39. The molecular formula is C15H22N2O4S. The highest BCUT2D eigenvalue weighted by atomic mass is 32.1. The number of aromatic carboxylic acids is 1. The van der Waals surface area contributed by atoms with E-state index in [1.54, 1.807) is 20.8 Å². The molecule has 0 aliphatic carbocycles. The third kappa shape index (κ3) is 4.30. The predicted octanol–water partition coefficient (Wildman–Crippen LogP) is 2.42. The number of carbonyl (C=O) groups is 3. The lowest BCUT2D eigenvalue weighted by atomic mass is 9.96. The zero-order valence-electron chi connectivity index (χ0n) is 13.5. The normalized spacial score (nSPS) is 11.1. The van der Waals surface area contributed by atoms with Crippen LogP contribution in [0.3, 0.4) is 0 Å². The number of aryl methyl sites for hydroxylation is 1. The third-order valence-corrected chi connectivity index (χ3v) is 4.18. The lowest BCUT2D eigenvalue weighted by Gasteiger charge is -2.17. The summed E-state index contributed by atoms with van der Waals surface area (Å²) in [5.41, 5.74) is 0.286. The molecule has 0 radical (unpaired) electrons. The van der Waals surface area contributed by atoms with Crippen LogP contribution in [0.4, 0.5) is 5.00 Å². The summed E-state index contributed by atoms with van der Waals surface area (Å²) < 4.78 is 0. The molecule has 0 aliphatic rings. The predicted molar refractivity (Wildman–Crippen MR) is 86.5 cm³/mol. The largest absolute Gasteiger partial charge is 0.478 e. The van der Waals surface area contributed by atoms with Gasteiger partial charge in [-0.25, -0.2) is 4.79 Å². The van der Waals surface area contributed by atoms with E-state index < -0.39 is 17.3 Å². The van der Waals surface area contributed by atoms with Gasteiger partial charge in [0.2, 0.25) is 11.8 Å². The van der Waals surface area contributed by atoms with Crippen molar-refractivity contribution in [3.05, 3.63) is 16.0 Å². The summed E-state index contributed by atoms with van der Waals surface area (Å²) >= 11 is 1.24. The second kappa shape index (κ2) is 6.91. The number of nitrogens with one attached hydrogen (secondary N) is 2. The fourth-order valence-electron chi connectivity index (χ4n) is 1.92. The number of carboxylic acid groups (broad SMARTS) is 1. The van der Waals surface area contributed by atoms with Gasteiger partial charge in [-0.15, -0.1) is 11.3 Å². The van der Waals surface area contributed by atoms with Crippen LogP contribution in [0, 0.1) is 12.3 Å². The van der Waals surface area contributed by atoms with Gasteiger partial charge in [-0.3, -0.25) is 9.59 Å². The Balaban J connectivity index is 2.81. The standard InChI is InChI=1S/C15H22N2O4S/c1-6-9-8(2)22-12(11(9)13(19)20)17-10(18)7-16-14(21)15(3,4)5/h6-7H2,1-5H3,(H,16,21)(H,17,18)(H,19,20). The summed E-state index contributed by atoms with van der Waals surface area (Å²) in [4.78, 5) is 35.9. The molecule has 0 saturated heterocycles. The van der Waals surface area contributed by atoms with Crippen LogP contribution in [-0.4, -0.2) is 29.4 Å². The van der Waals surface area contributed by atoms with Crippen molar-refractivity contribution in [1.29, 1.82) is 0 Å². The van der Waals surface area contributed by atoms with Crippen molar-refractivity contribution in [3.63, 3.8) is 0 Å². The molecular weight excluding hydrogens is 304 g/mol. The van der Waals surface area contributed by atoms with Crippen LogP contribution in [0.25, 0.3) is 0 Å². The zero-order chi connectivity index (χ0) is 17.1. The number of carboxylic acids is 1. The maximum Gasteiger partial charge on any atom is 0.339 e. The number of carbonyl (C=O) groups excluding carboxylic acids is 2. The van der Waals surface area contributed by atoms with Gasteiger partial charge < -0.3 is 15.7 Å². The summed E-state index contributed by atoms with van der Waals surface area (Å²) in [5.74, 6) is -1.74. The molecule has 6 nitrogen and oxygen atoms in total. The Hall–Kier alpha value is -1.89. The minimum atomic E-state index is -1.06. The van der Waals surface area contributed by atoms with Crippen molar-refractivity contribution in [3.8, 4) is 0 Å². The van der Waals surface area contributed by atoms with E-state index in [0.717, 1.165) is 10.4 Å². The quantitative estimate of drug-likeness (QED) is 0.774. The number of hydrogen-bond acceptors (Lipinski definition) is 4. The van der Waals surface area contributed by atoms with Gasteiger partial charge in [-0.05, 0) is 18.9 Å². The Morgan fingerprint density at radius 1 is 1.23 bits per heavy atom. The molecule has 3 N–H and O–H groups in total. The summed E-state index contributed by atoms with van der Waals surface area (Å²) in [6.07, 6.45) is 0.584. The van der Waals surface area contributed by atoms with E-state index in [1.165, 1.54) is 11.3 Å². The SMILES string of the molecule is CCc1c(C)sc(NC(=O)CNC(=O)C(C)(C)C)c1C(=O)O. The Morgan fingerprint density at radius 3 is 2.27 bits per heavy atom. The molecule has 0 unspecified atom stereocenters. The summed E-state index contributed by atoms with van der Waals surface area (Å²) in [7, 11) is 0. The first-order valence-electron chi connectivity index (χ1n) is 7.01. The zero-order valence-corrected chi connectivity index (χ0v) is 14.3. The van der Waals surface area contributed by atoms with Gasteiger partial charge in [0.1, 0.15) is 5.00 Å². The molecule has 0 fully saturated rings. The highest BCUT2D eigenvalue weighted by Crippen LogP contribution is 2.33. The summed E-state index contributed by atoms with van der Waals surface area (Å²) in [6, 6.07) is 0. The molecule has 0 aromatic carbocycles. The number of thiophene rings is 1. The molecule has 7 heteroatoms. The summed E-state index contributed by atoms with van der Waals surface area (Å²) in [6.45, 7) is 8.76. The first-order chi connectivity index (χ1) is 10.1. The number of hydrogen-bond donors (Lipinski definition) is 3. The fourth-order valence-corrected chi connectivity index (χ4v) is 3.07. The van der Waals surface area contributed by atoms with Gasteiger partial charge in [0.05, 0.1) is 12.1 Å². The topological polar surface area (TPSA) is 95.5 Å². The molecule has 0 atom stereocenters.